The third-order valence-corrected chi connectivity index (χ3v) is 3.46. The fourth-order valence-corrected chi connectivity index (χ4v) is 2.44. The van der Waals surface area contributed by atoms with Crippen LogP contribution in [-0.4, -0.2) is 22.0 Å². The number of hydrogen-bond acceptors (Lipinski definition) is 7. The van der Waals surface area contributed by atoms with Crippen molar-refractivity contribution in [2.75, 3.05) is 12.8 Å². The minimum atomic E-state index is -0.489. The van der Waals surface area contributed by atoms with E-state index >= 15 is 0 Å². The Morgan fingerprint density at radius 1 is 1.43 bits per heavy atom. The van der Waals surface area contributed by atoms with Gasteiger partial charge in [-0.2, -0.15) is 0 Å². The van der Waals surface area contributed by atoms with Crippen LogP contribution in [0.3, 0.4) is 0 Å². The van der Waals surface area contributed by atoms with E-state index in [0.717, 1.165) is 0 Å². The Morgan fingerprint density at radius 2 is 2.19 bits per heavy atom. The van der Waals surface area contributed by atoms with E-state index in [0.29, 0.717) is 22.2 Å². The first-order valence-electron chi connectivity index (χ1n) is 5.80. The van der Waals surface area contributed by atoms with E-state index in [9.17, 15) is 14.9 Å². The highest BCUT2D eigenvalue weighted by atomic mass is 32.2. The number of nitrogen functional groups attached to an aromatic ring is 1. The number of nitro benzene ring substituents is 1. The number of rotatable bonds is 5. The Hall–Kier alpha value is -2.55. The maximum absolute atomic E-state index is 11.3. The number of nitrogens with two attached hydrogens (primary N) is 1. The van der Waals surface area contributed by atoms with E-state index < -0.39 is 4.92 Å². The Bertz CT molecular complexity index is 731. The Kier molecular flexibility index (Phi) is 4.43. The molecular formula is C12H12N4O4S. The maximum Gasteiger partial charge on any atom is 0.273 e. The lowest BCUT2D eigenvalue weighted by atomic mass is 10.2. The number of methoxy groups -OCH3 is 1. The van der Waals surface area contributed by atoms with Crippen molar-refractivity contribution in [2.45, 2.75) is 10.9 Å². The molecule has 21 heavy (non-hydrogen) atoms. The van der Waals surface area contributed by atoms with Crippen LogP contribution in [0.2, 0.25) is 0 Å². The highest BCUT2D eigenvalue weighted by Crippen LogP contribution is 2.26. The van der Waals surface area contributed by atoms with Gasteiger partial charge in [-0.15, -0.1) is 0 Å². The second-order valence-electron chi connectivity index (χ2n) is 4.06. The van der Waals surface area contributed by atoms with Gasteiger partial charge in [0.05, 0.1) is 18.1 Å². The average Bonchev–Trinajstić information content (AvgIpc) is 2.43. The number of anilines is 1. The summed E-state index contributed by atoms with van der Waals surface area (Å²) in [6.07, 6.45) is 0. The molecule has 0 bridgehead atoms. The van der Waals surface area contributed by atoms with Crippen LogP contribution in [0.1, 0.15) is 5.56 Å². The molecule has 0 unspecified atom stereocenters. The quantitative estimate of drug-likeness (QED) is 0.371. The van der Waals surface area contributed by atoms with Crippen molar-refractivity contribution in [3.8, 4) is 5.75 Å². The van der Waals surface area contributed by atoms with Gasteiger partial charge in [-0.3, -0.25) is 14.9 Å². The van der Waals surface area contributed by atoms with Gasteiger partial charge in [0.1, 0.15) is 11.6 Å². The Morgan fingerprint density at radius 3 is 2.81 bits per heavy atom. The van der Waals surface area contributed by atoms with Crippen molar-refractivity contribution in [3.63, 3.8) is 0 Å². The zero-order chi connectivity index (χ0) is 15.4. The van der Waals surface area contributed by atoms with Crippen molar-refractivity contribution in [1.82, 2.24) is 9.97 Å². The van der Waals surface area contributed by atoms with E-state index in [1.165, 1.54) is 37.1 Å². The number of nitrogens with zero attached hydrogens (tertiary/aromatic N) is 2. The minimum Gasteiger partial charge on any atom is -0.496 e. The maximum atomic E-state index is 11.3. The monoisotopic (exact) mass is 308 g/mol. The molecule has 0 saturated carbocycles. The average molecular weight is 308 g/mol. The molecule has 0 atom stereocenters. The van der Waals surface area contributed by atoms with E-state index in [1.54, 1.807) is 6.07 Å². The normalized spacial score (nSPS) is 10.3. The number of hydrogen-bond donors (Lipinski definition) is 2. The summed E-state index contributed by atoms with van der Waals surface area (Å²) in [5.74, 6) is 0.899. The summed E-state index contributed by atoms with van der Waals surface area (Å²) in [6, 6.07) is 5.65. The predicted octanol–water partition coefficient (Wildman–Crippen LogP) is 1.56. The molecular weight excluding hydrogens is 296 g/mol. The third-order valence-electron chi connectivity index (χ3n) is 2.51. The van der Waals surface area contributed by atoms with Crippen molar-refractivity contribution in [1.29, 1.82) is 0 Å². The number of H-pyrrole nitrogens is 1. The van der Waals surface area contributed by atoms with Gasteiger partial charge in [0.25, 0.3) is 11.2 Å². The van der Waals surface area contributed by atoms with Crippen LogP contribution in [0, 0.1) is 10.1 Å². The number of benzene rings is 1. The van der Waals surface area contributed by atoms with Crippen molar-refractivity contribution in [2.24, 2.45) is 0 Å². The number of non-ortho nitro benzene ring substituents is 1. The lowest BCUT2D eigenvalue weighted by Gasteiger charge is -2.05. The summed E-state index contributed by atoms with van der Waals surface area (Å²) in [7, 11) is 1.44. The lowest BCUT2D eigenvalue weighted by molar-refractivity contribution is -0.385. The molecule has 9 heteroatoms. The predicted molar refractivity (Wildman–Crippen MR) is 78.5 cm³/mol. The molecule has 0 fully saturated rings. The van der Waals surface area contributed by atoms with E-state index in [-0.39, 0.29) is 17.1 Å². The molecule has 0 radical (unpaired) electrons. The van der Waals surface area contributed by atoms with Gasteiger partial charge in [0, 0.05) is 17.9 Å². The van der Waals surface area contributed by atoms with E-state index in [1.807, 2.05) is 0 Å². The summed E-state index contributed by atoms with van der Waals surface area (Å²) in [4.78, 5) is 28.1. The largest absolute Gasteiger partial charge is 0.496 e. The molecule has 3 N–H and O–H groups in total. The first-order chi connectivity index (χ1) is 9.97. The first kappa shape index (κ1) is 14.9. The van der Waals surface area contributed by atoms with Gasteiger partial charge in [-0.1, -0.05) is 11.8 Å². The Labute approximate surface area is 123 Å². The number of nitro groups is 1. The highest BCUT2D eigenvalue weighted by molar-refractivity contribution is 7.98. The number of nitrogens with one attached hydrogen (secondary N) is 1. The van der Waals surface area contributed by atoms with Crippen LogP contribution in [0.4, 0.5) is 11.5 Å². The summed E-state index contributed by atoms with van der Waals surface area (Å²) >= 11 is 1.22. The molecule has 1 heterocycles. The van der Waals surface area contributed by atoms with Crippen LogP contribution < -0.4 is 16.0 Å². The van der Waals surface area contributed by atoms with Crippen molar-refractivity contribution in [3.05, 3.63) is 50.3 Å². The lowest BCUT2D eigenvalue weighted by Crippen LogP contribution is -2.09. The van der Waals surface area contributed by atoms with Crippen LogP contribution in [0.5, 0.6) is 5.75 Å². The SMILES string of the molecule is COc1cc(CSc2nc(N)cc(=O)[nH]2)cc([N+](=O)[O-])c1. The molecule has 0 amide bonds. The molecule has 110 valence electrons. The number of aromatic amines is 1. The summed E-state index contributed by atoms with van der Waals surface area (Å²) in [6.45, 7) is 0. The van der Waals surface area contributed by atoms with Crippen LogP contribution in [-0.2, 0) is 5.75 Å². The molecule has 0 aliphatic heterocycles. The van der Waals surface area contributed by atoms with Gasteiger partial charge >= 0.3 is 0 Å². The van der Waals surface area contributed by atoms with Crippen molar-refractivity contribution >= 4 is 23.3 Å². The molecule has 1 aromatic heterocycles. The number of ether oxygens (including phenoxy) is 1. The first-order valence-corrected chi connectivity index (χ1v) is 6.78. The molecule has 0 spiro atoms. The number of aromatic nitrogens is 2. The molecule has 2 aromatic rings. The molecule has 8 nitrogen and oxygen atoms in total. The molecule has 1 aromatic carbocycles. The molecule has 0 aliphatic carbocycles. The second-order valence-corrected chi connectivity index (χ2v) is 5.02. The van der Waals surface area contributed by atoms with Gasteiger partial charge < -0.3 is 15.5 Å². The minimum absolute atomic E-state index is 0.0565. The van der Waals surface area contributed by atoms with E-state index in [2.05, 4.69) is 9.97 Å². The summed E-state index contributed by atoms with van der Waals surface area (Å²) in [5, 5.41) is 11.2. The molecule has 0 aliphatic rings. The zero-order valence-corrected chi connectivity index (χ0v) is 11.8. The van der Waals surface area contributed by atoms with E-state index in [4.69, 9.17) is 10.5 Å². The number of thioether (sulfide) groups is 1. The van der Waals surface area contributed by atoms with Crippen LogP contribution >= 0.6 is 11.8 Å². The fraction of sp³-hybridized carbons (Fsp3) is 0.167. The fourth-order valence-electron chi connectivity index (χ4n) is 1.62. The summed E-state index contributed by atoms with van der Waals surface area (Å²) in [5.41, 5.74) is 5.76. The van der Waals surface area contributed by atoms with Gasteiger partial charge in [0.2, 0.25) is 0 Å². The standard InChI is InChI=1S/C12H12N4O4S/c1-20-9-3-7(2-8(4-9)16(18)19)6-21-12-14-10(13)5-11(17)15-12/h2-5H,6H2,1H3,(H3,13,14,15,17). The van der Waals surface area contributed by atoms with Gasteiger partial charge in [-0.05, 0) is 11.6 Å². The zero-order valence-electron chi connectivity index (χ0n) is 11.0. The highest BCUT2D eigenvalue weighted by Gasteiger charge is 2.11. The molecule has 0 saturated heterocycles. The summed E-state index contributed by atoms with van der Waals surface area (Å²) < 4.78 is 5.03. The molecule has 2 rings (SSSR count). The second kappa shape index (κ2) is 6.27. The van der Waals surface area contributed by atoms with Crippen LogP contribution in [0.25, 0.3) is 0 Å². The van der Waals surface area contributed by atoms with Crippen molar-refractivity contribution < 1.29 is 9.66 Å². The van der Waals surface area contributed by atoms with Gasteiger partial charge in [-0.25, -0.2) is 4.98 Å². The topological polar surface area (TPSA) is 124 Å². The van der Waals surface area contributed by atoms with Crippen LogP contribution in [0.15, 0.2) is 34.2 Å². The third kappa shape index (κ3) is 3.96. The van der Waals surface area contributed by atoms with Gasteiger partial charge in [0.15, 0.2) is 5.16 Å². The smallest absolute Gasteiger partial charge is 0.273 e. The Balaban J connectivity index is 2.21.